The summed E-state index contributed by atoms with van der Waals surface area (Å²) in [7, 11) is 1.95. The first-order chi connectivity index (χ1) is 10.7. The van der Waals surface area contributed by atoms with Crippen molar-refractivity contribution in [2.45, 2.75) is 32.2 Å². The maximum absolute atomic E-state index is 12.4. The van der Waals surface area contributed by atoms with Crippen LogP contribution in [0.4, 0.5) is 0 Å². The molecule has 3 rings (SSSR count). The molecular formula is C17H26N4O. The number of aryl methyl sites for hydroxylation is 1. The summed E-state index contributed by atoms with van der Waals surface area (Å²) in [4.78, 5) is 16.9. The molecule has 0 saturated carbocycles. The first-order valence-electron chi connectivity index (χ1n) is 8.35. The normalized spacial score (nSPS) is 23.0. The fourth-order valence-corrected chi connectivity index (χ4v) is 3.41. The lowest BCUT2D eigenvalue weighted by Gasteiger charge is -2.22. The van der Waals surface area contributed by atoms with Crippen LogP contribution in [0.15, 0.2) is 24.5 Å². The molecule has 0 unspecified atom stereocenters. The summed E-state index contributed by atoms with van der Waals surface area (Å²) in [5.41, 5.74) is 1.25. The van der Waals surface area contributed by atoms with E-state index >= 15 is 0 Å². The van der Waals surface area contributed by atoms with Crippen molar-refractivity contribution in [2.75, 3.05) is 26.2 Å². The van der Waals surface area contributed by atoms with Gasteiger partial charge in [-0.1, -0.05) is 12.2 Å². The molecule has 1 atom stereocenters. The molecule has 1 fully saturated rings. The monoisotopic (exact) mass is 302 g/mol. The minimum absolute atomic E-state index is 0.333. The van der Waals surface area contributed by atoms with Crippen LogP contribution in [0.3, 0.4) is 0 Å². The molecule has 0 spiro atoms. The Bertz CT molecular complexity index is 537. The van der Waals surface area contributed by atoms with Gasteiger partial charge < -0.3 is 4.90 Å². The number of hydrogen-bond acceptors (Lipinski definition) is 3. The zero-order valence-electron chi connectivity index (χ0n) is 13.4. The van der Waals surface area contributed by atoms with Crippen molar-refractivity contribution in [1.82, 2.24) is 19.6 Å². The molecule has 1 amide bonds. The molecule has 1 aromatic rings. The minimum Gasteiger partial charge on any atom is -0.341 e. The van der Waals surface area contributed by atoms with Crippen LogP contribution in [-0.2, 0) is 18.4 Å². The van der Waals surface area contributed by atoms with E-state index in [1.807, 2.05) is 17.9 Å². The average Bonchev–Trinajstić information content (AvgIpc) is 3.07. The quantitative estimate of drug-likeness (QED) is 0.797. The van der Waals surface area contributed by atoms with Crippen LogP contribution in [0.1, 0.15) is 31.2 Å². The number of carbonyl (C=O) groups is 1. The van der Waals surface area contributed by atoms with Gasteiger partial charge in [0.15, 0.2) is 0 Å². The largest absolute Gasteiger partial charge is 0.341 e. The highest BCUT2D eigenvalue weighted by molar-refractivity contribution is 5.76. The van der Waals surface area contributed by atoms with E-state index in [0.29, 0.717) is 18.2 Å². The Hall–Kier alpha value is -1.62. The van der Waals surface area contributed by atoms with Gasteiger partial charge in [-0.3, -0.25) is 14.4 Å². The second-order valence-corrected chi connectivity index (χ2v) is 6.50. The summed E-state index contributed by atoms with van der Waals surface area (Å²) in [5, 5.41) is 4.23. The molecule has 0 radical (unpaired) electrons. The predicted molar refractivity (Wildman–Crippen MR) is 86.2 cm³/mol. The molecule has 0 bridgehead atoms. The van der Waals surface area contributed by atoms with E-state index in [1.165, 1.54) is 5.56 Å². The van der Waals surface area contributed by atoms with Crippen molar-refractivity contribution >= 4 is 5.91 Å². The van der Waals surface area contributed by atoms with Crippen molar-refractivity contribution < 1.29 is 4.79 Å². The maximum Gasteiger partial charge on any atom is 0.223 e. The van der Waals surface area contributed by atoms with Gasteiger partial charge in [0, 0.05) is 58.0 Å². The average molecular weight is 302 g/mol. The highest BCUT2D eigenvalue weighted by atomic mass is 16.2. The van der Waals surface area contributed by atoms with Crippen LogP contribution in [0.2, 0.25) is 0 Å². The summed E-state index contributed by atoms with van der Waals surface area (Å²) >= 11 is 0. The van der Waals surface area contributed by atoms with Gasteiger partial charge in [-0.15, -0.1) is 0 Å². The molecule has 2 aliphatic rings. The SMILES string of the molecule is Cn1cc(CN2CCCN(C(=O)C[C@H]3C=CCC3)CC2)cn1. The number of rotatable bonds is 4. The molecule has 5 heteroatoms. The van der Waals surface area contributed by atoms with Crippen LogP contribution in [0.5, 0.6) is 0 Å². The fourth-order valence-electron chi connectivity index (χ4n) is 3.41. The van der Waals surface area contributed by atoms with Gasteiger partial charge in [-0.05, 0) is 25.2 Å². The number of hydrogen-bond donors (Lipinski definition) is 0. The molecule has 22 heavy (non-hydrogen) atoms. The molecule has 1 aliphatic carbocycles. The summed E-state index contributed by atoms with van der Waals surface area (Å²) in [6, 6.07) is 0. The van der Waals surface area contributed by atoms with E-state index in [9.17, 15) is 4.79 Å². The molecule has 0 N–H and O–H groups in total. The highest BCUT2D eigenvalue weighted by Crippen LogP contribution is 2.21. The second kappa shape index (κ2) is 7.09. The molecule has 2 heterocycles. The van der Waals surface area contributed by atoms with E-state index in [1.54, 1.807) is 0 Å². The van der Waals surface area contributed by atoms with Crippen molar-refractivity contribution in [2.24, 2.45) is 13.0 Å². The lowest BCUT2D eigenvalue weighted by molar-refractivity contribution is -0.131. The molecular weight excluding hydrogens is 276 g/mol. The second-order valence-electron chi connectivity index (χ2n) is 6.50. The zero-order chi connectivity index (χ0) is 15.4. The van der Waals surface area contributed by atoms with E-state index < -0.39 is 0 Å². The summed E-state index contributed by atoms with van der Waals surface area (Å²) < 4.78 is 1.85. The Morgan fingerprint density at radius 3 is 2.95 bits per heavy atom. The van der Waals surface area contributed by atoms with Crippen LogP contribution < -0.4 is 0 Å². The van der Waals surface area contributed by atoms with Gasteiger partial charge in [0.2, 0.25) is 5.91 Å². The van der Waals surface area contributed by atoms with Crippen LogP contribution in [-0.4, -0.2) is 51.7 Å². The van der Waals surface area contributed by atoms with Crippen LogP contribution in [0.25, 0.3) is 0 Å². The van der Waals surface area contributed by atoms with Gasteiger partial charge in [-0.2, -0.15) is 5.10 Å². The van der Waals surface area contributed by atoms with Gasteiger partial charge in [0.1, 0.15) is 0 Å². The Labute approximate surface area is 132 Å². The van der Waals surface area contributed by atoms with E-state index in [0.717, 1.165) is 52.0 Å². The highest BCUT2D eigenvalue weighted by Gasteiger charge is 2.22. The predicted octanol–water partition coefficient (Wildman–Crippen LogP) is 1.81. The van der Waals surface area contributed by atoms with Crippen molar-refractivity contribution in [3.63, 3.8) is 0 Å². The maximum atomic E-state index is 12.4. The van der Waals surface area contributed by atoms with Gasteiger partial charge in [0.25, 0.3) is 0 Å². The Morgan fingerprint density at radius 2 is 2.23 bits per heavy atom. The molecule has 0 aromatic carbocycles. The Balaban J connectivity index is 1.48. The number of carbonyl (C=O) groups excluding carboxylic acids is 1. The molecule has 1 saturated heterocycles. The number of allylic oxidation sites excluding steroid dienone is 2. The summed E-state index contributed by atoms with van der Waals surface area (Å²) in [5.74, 6) is 0.807. The minimum atomic E-state index is 0.333. The van der Waals surface area contributed by atoms with Crippen LogP contribution >= 0.6 is 0 Å². The standard InChI is InChI=1S/C17H26N4O/c1-19-13-16(12-18-19)14-20-7-4-8-21(10-9-20)17(22)11-15-5-2-3-6-15/h2,5,12-13,15H,3-4,6-11,14H2,1H3/t15-/m0/s1. The van der Waals surface area contributed by atoms with Gasteiger partial charge in [-0.25, -0.2) is 0 Å². The number of aromatic nitrogens is 2. The first-order valence-corrected chi connectivity index (χ1v) is 8.35. The van der Waals surface area contributed by atoms with Crippen molar-refractivity contribution in [1.29, 1.82) is 0 Å². The molecule has 5 nitrogen and oxygen atoms in total. The third-order valence-electron chi connectivity index (χ3n) is 4.65. The van der Waals surface area contributed by atoms with E-state index in [2.05, 4.69) is 33.2 Å². The van der Waals surface area contributed by atoms with Crippen molar-refractivity contribution in [3.05, 3.63) is 30.1 Å². The van der Waals surface area contributed by atoms with E-state index in [-0.39, 0.29) is 0 Å². The third-order valence-corrected chi connectivity index (χ3v) is 4.65. The fraction of sp³-hybridized carbons (Fsp3) is 0.647. The van der Waals surface area contributed by atoms with E-state index in [4.69, 9.17) is 0 Å². The Kier molecular flexibility index (Phi) is 4.93. The lowest BCUT2D eigenvalue weighted by atomic mass is 10.0. The van der Waals surface area contributed by atoms with Gasteiger partial charge in [0.05, 0.1) is 6.20 Å². The molecule has 120 valence electrons. The number of amides is 1. The summed E-state index contributed by atoms with van der Waals surface area (Å²) in [6.45, 7) is 4.71. The smallest absolute Gasteiger partial charge is 0.223 e. The third kappa shape index (κ3) is 3.97. The lowest BCUT2D eigenvalue weighted by Crippen LogP contribution is -2.35. The Morgan fingerprint density at radius 1 is 1.32 bits per heavy atom. The van der Waals surface area contributed by atoms with Crippen molar-refractivity contribution in [3.8, 4) is 0 Å². The molecule has 1 aromatic heterocycles. The topological polar surface area (TPSA) is 41.4 Å². The van der Waals surface area contributed by atoms with Crippen LogP contribution in [0, 0.1) is 5.92 Å². The number of nitrogens with zero attached hydrogens (tertiary/aromatic N) is 4. The van der Waals surface area contributed by atoms with Gasteiger partial charge >= 0.3 is 0 Å². The first kappa shape index (κ1) is 15.3. The molecule has 1 aliphatic heterocycles. The zero-order valence-corrected chi connectivity index (χ0v) is 13.4. The summed E-state index contributed by atoms with van der Waals surface area (Å²) in [6.07, 6.45) is 12.5.